The molecule has 0 saturated carbocycles. The van der Waals surface area contributed by atoms with Crippen LogP contribution in [0.5, 0.6) is 5.75 Å². The maximum Gasteiger partial charge on any atom is 0.264 e. The molecule has 1 fully saturated rings. The van der Waals surface area contributed by atoms with Gasteiger partial charge in [-0.3, -0.25) is 4.79 Å². The van der Waals surface area contributed by atoms with Gasteiger partial charge in [-0.25, -0.2) is 4.99 Å². The van der Waals surface area contributed by atoms with Crippen LogP contribution in [0, 0.1) is 0 Å². The van der Waals surface area contributed by atoms with Gasteiger partial charge in [-0.15, -0.1) is 0 Å². The van der Waals surface area contributed by atoms with Gasteiger partial charge >= 0.3 is 0 Å². The number of amidine groups is 1. The number of ether oxygens (including phenoxy) is 1. The molecule has 5 nitrogen and oxygen atoms in total. The molecule has 2 aromatic carbocycles. The first-order chi connectivity index (χ1) is 14.8. The van der Waals surface area contributed by atoms with Crippen molar-refractivity contribution in [3.8, 4) is 5.75 Å². The van der Waals surface area contributed by atoms with Gasteiger partial charge in [0.2, 0.25) is 0 Å². The van der Waals surface area contributed by atoms with Crippen molar-refractivity contribution in [3.63, 3.8) is 0 Å². The number of hydrogen-bond donors (Lipinski definition) is 1. The highest BCUT2D eigenvalue weighted by molar-refractivity contribution is 8.18. The molecule has 1 N–H and O–H groups in total. The van der Waals surface area contributed by atoms with Crippen LogP contribution in [0.2, 0.25) is 0 Å². The predicted octanol–water partition coefficient (Wildman–Crippen LogP) is 5.70. The molecular weight excluding hydrogens is 406 g/mol. The number of benzene rings is 2. The molecule has 4 rings (SSSR count). The molecule has 1 unspecified atom stereocenters. The molecule has 2 heterocycles. The summed E-state index contributed by atoms with van der Waals surface area (Å²) in [5.41, 5.74) is 4.35. The van der Waals surface area contributed by atoms with Gasteiger partial charge in [-0.1, -0.05) is 25.1 Å². The number of methoxy groups -OCH3 is 1. The minimum Gasteiger partial charge on any atom is -0.496 e. The summed E-state index contributed by atoms with van der Waals surface area (Å²) in [6, 6.07) is 13.9. The summed E-state index contributed by atoms with van der Waals surface area (Å²) in [4.78, 5) is 20.2. The van der Waals surface area contributed by atoms with Crippen LogP contribution in [-0.4, -0.2) is 30.3 Å². The summed E-state index contributed by atoms with van der Waals surface area (Å²) in [6.45, 7) is 10.0. The third-order valence-electron chi connectivity index (χ3n) is 5.98. The van der Waals surface area contributed by atoms with Crippen molar-refractivity contribution in [2.75, 3.05) is 18.6 Å². The van der Waals surface area contributed by atoms with E-state index in [1.54, 1.807) is 7.11 Å². The molecule has 162 valence electrons. The van der Waals surface area contributed by atoms with Crippen LogP contribution in [-0.2, 0) is 4.79 Å². The van der Waals surface area contributed by atoms with Gasteiger partial charge in [0.15, 0.2) is 5.17 Å². The highest BCUT2D eigenvalue weighted by atomic mass is 32.2. The van der Waals surface area contributed by atoms with Crippen LogP contribution in [0.4, 0.5) is 11.4 Å². The number of rotatable bonds is 4. The fourth-order valence-electron chi connectivity index (χ4n) is 4.66. The van der Waals surface area contributed by atoms with Crippen LogP contribution >= 0.6 is 11.8 Å². The number of para-hydroxylation sites is 1. The Morgan fingerprint density at radius 1 is 1.29 bits per heavy atom. The molecule has 1 amide bonds. The summed E-state index contributed by atoms with van der Waals surface area (Å²) in [5.74, 6) is 1.07. The minimum absolute atomic E-state index is 0.0934. The fourth-order valence-corrected chi connectivity index (χ4v) is 5.49. The van der Waals surface area contributed by atoms with E-state index in [1.165, 1.54) is 23.0 Å². The summed E-state index contributed by atoms with van der Waals surface area (Å²) in [5, 5.41) is 3.45. The number of nitrogens with zero attached hydrogens (tertiary/aromatic N) is 2. The van der Waals surface area contributed by atoms with Gasteiger partial charge in [-0.2, -0.15) is 0 Å². The van der Waals surface area contributed by atoms with Crippen molar-refractivity contribution in [2.24, 2.45) is 4.99 Å². The quantitative estimate of drug-likeness (QED) is 0.626. The average molecular weight is 436 g/mol. The molecule has 0 spiro atoms. The number of thioether (sulfide) groups is 1. The lowest BCUT2D eigenvalue weighted by Gasteiger charge is -2.47. The lowest BCUT2D eigenvalue weighted by atomic mass is 9.79. The van der Waals surface area contributed by atoms with Crippen LogP contribution in [0.15, 0.2) is 52.4 Å². The van der Waals surface area contributed by atoms with Gasteiger partial charge in [0.1, 0.15) is 5.75 Å². The molecule has 0 radical (unpaired) electrons. The van der Waals surface area contributed by atoms with Crippen LogP contribution in [0.3, 0.4) is 0 Å². The zero-order valence-corrected chi connectivity index (χ0v) is 19.5. The first-order valence-corrected chi connectivity index (χ1v) is 11.5. The minimum atomic E-state index is -0.135. The second-order valence-corrected chi connectivity index (χ2v) is 9.66. The van der Waals surface area contributed by atoms with Crippen LogP contribution in [0.25, 0.3) is 6.08 Å². The third-order valence-corrected chi connectivity index (χ3v) is 6.89. The Balaban J connectivity index is 1.71. The highest BCUT2D eigenvalue weighted by Gasteiger charge is 2.36. The summed E-state index contributed by atoms with van der Waals surface area (Å²) in [6.07, 6.45) is 2.99. The van der Waals surface area contributed by atoms with E-state index in [0.29, 0.717) is 16.0 Å². The summed E-state index contributed by atoms with van der Waals surface area (Å²) in [7, 11) is 1.68. The lowest BCUT2D eigenvalue weighted by Crippen LogP contribution is -2.48. The Morgan fingerprint density at radius 3 is 2.71 bits per heavy atom. The van der Waals surface area contributed by atoms with E-state index in [9.17, 15) is 4.79 Å². The molecule has 1 saturated heterocycles. The Morgan fingerprint density at radius 2 is 2.03 bits per heavy atom. The zero-order chi connectivity index (χ0) is 22.2. The molecule has 2 aromatic rings. The zero-order valence-electron chi connectivity index (χ0n) is 18.7. The van der Waals surface area contributed by atoms with Crippen molar-refractivity contribution in [2.45, 2.75) is 45.6 Å². The molecule has 31 heavy (non-hydrogen) atoms. The topological polar surface area (TPSA) is 53.9 Å². The van der Waals surface area contributed by atoms with Crippen molar-refractivity contribution in [1.82, 2.24) is 5.32 Å². The summed E-state index contributed by atoms with van der Waals surface area (Å²) >= 11 is 1.36. The molecule has 0 bridgehead atoms. The number of carbonyl (C=O) groups excluding carboxylic acids is 1. The van der Waals surface area contributed by atoms with E-state index < -0.39 is 0 Å². The number of hydrogen-bond acceptors (Lipinski definition) is 5. The monoisotopic (exact) mass is 435 g/mol. The predicted molar refractivity (Wildman–Crippen MR) is 130 cm³/mol. The van der Waals surface area contributed by atoms with Crippen LogP contribution in [0.1, 0.15) is 51.2 Å². The van der Waals surface area contributed by atoms with Crippen molar-refractivity contribution < 1.29 is 9.53 Å². The number of fused-ring (bicyclic) bond motifs is 1. The normalized spacial score (nSPS) is 22.5. The molecule has 0 aromatic heterocycles. The molecule has 2 aliphatic heterocycles. The number of amides is 1. The Labute approximate surface area is 188 Å². The van der Waals surface area contributed by atoms with E-state index >= 15 is 0 Å². The number of aliphatic imine (C=N–C) groups is 1. The van der Waals surface area contributed by atoms with Gasteiger partial charge in [0.05, 0.1) is 17.7 Å². The van der Waals surface area contributed by atoms with E-state index in [4.69, 9.17) is 4.74 Å². The third kappa shape index (κ3) is 4.22. The van der Waals surface area contributed by atoms with Gasteiger partial charge in [-0.05, 0) is 74.7 Å². The molecule has 1 atom stereocenters. The summed E-state index contributed by atoms with van der Waals surface area (Å²) < 4.78 is 5.73. The van der Waals surface area contributed by atoms with Crippen LogP contribution < -0.4 is 15.0 Å². The van der Waals surface area contributed by atoms with E-state index in [1.807, 2.05) is 36.4 Å². The Hall–Kier alpha value is -2.73. The van der Waals surface area contributed by atoms with Gasteiger partial charge in [0, 0.05) is 29.4 Å². The first-order valence-electron chi connectivity index (χ1n) is 10.7. The van der Waals surface area contributed by atoms with E-state index in [2.05, 4.69) is 55.0 Å². The second kappa shape index (κ2) is 8.42. The smallest absolute Gasteiger partial charge is 0.264 e. The highest BCUT2D eigenvalue weighted by Crippen LogP contribution is 2.46. The largest absolute Gasteiger partial charge is 0.496 e. The van der Waals surface area contributed by atoms with Gasteiger partial charge < -0.3 is 15.0 Å². The molecular formula is C25H29N3O2S. The van der Waals surface area contributed by atoms with Crippen molar-refractivity contribution in [3.05, 3.63) is 58.5 Å². The van der Waals surface area contributed by atoms with E-state index in [-0.39, 0.29) is 11.4 Å². The molecule has 6 heteroatoms. The standard InChI is InChI=1S/C25H29N3O2S/c1-6-28-20-14-21(30-5)17(12-19(20)16(2)15-25(28,3)4)13-22-23(29)27-24(31-22)26-18-10-8-7-9-11-18/h7-14,16H,6,15H2,1-5H3,(H,26,27,29)/b22-13+. The number of nitrogens with one attached hydrogen (secondary N) is 1. The molecule has 0 aliphatic carbocycles. The van der Waals surface area contributed by atoms with E-state index in [0.717, 1.165) is 30.0 Å². The Bertz CT molecular complexity index is 1060. The first kappa shape index (κ1) is 21.5. The van der Waals surface area contributed by atoms with Crippen molar-refractivity contribution >= 4 is 40.3 Å². The Kier molecular flexibility index (Phi) is 5.84. The second-order valence-electron chi connectivity index (χ2n) is 8.63. The lowest BCUT2D eigenvalue weighted by molar-refractivity contribution is -0.115. The maximum absolute atomic E-state index is 12.6. The fraction of sp³-hybridized carbons (Fsp3) is 0.360. The number of anilines is 1. The average Bonchev–Trinajstić information content (AvgIpc) is 3.07. The number of carbonyl (C=O) groups is 1. The molecule has 2 aliphatic rings. The van der Waals surface area contributed by atoms with Gasteiger partial charge in [0.25, 0.3) is 5.91 Å². The SMILES string of the molecule is CCN1c2cc(OC)c(/C=C3/SC(=Nc4ccccc4)NC3=O)cc2C(C)CC1(C)C. The van der Waals surface area contributed by atoms with Crippen molar-refractivity contribution in [1.29, 1.82) is 0 Å². The maximum atomic E-state index is 12.6.